The summed E-state index contributed by atoms with van der Waals surface area (Å²) in [7, 11) is 0. The standard InChI is InChI=1S/C16H16ClIN2O/c1-3-19-15-8-10(2)4-6-12(15)16(21)20-14-7-5-11(18)9-13(14)17/h4-9,19H,3H2,1-2H3,(H,20,21). The molecule has 0 aliphatic carbocycles. The zero-order valence-corrected chi connectivity index (χ0v) is 14.7. The summed E-state index contributed by atoms with van der Waals surface area (Å²) >= 11 is 8.33. The van der Waals surface area contributed by atoms with Crippen LogP contribution in [0.1, 0.15) is 22.8 Å². The summed E-state index contributed by atoms with van der Waals surface area (Å²) in [5, 5.41) is 6.60. The number of anilines is 2. The van der Waals surface area contributed by atoms with E-state index in [1.165, 1.54) is 0 Å². The zero-order valence-electron chi connectivity index (χ0n) is 11.8. The molecule has 0 radical (unpaired) electrons. The van der Waals surface area contributed by atoms with Gasteiger partial charge in [-0.1, -0.05) is 17.7 Å². The Labute approximate surface area is 143 Å². The molecule has 5 heteroatoms. The molecule has 0 bridgehead atoms. The Kier molecular flexibility index (Phi) is 5.47. The molecule has 0 aliphatic rings. The molecule has 0 aromatic heterocycles. The van der Waals surface area contributed by atoms with Gasteiger partial charge in [-0.05, 0) is 72.3 Å². The van der Waals surface area contributed by atoms with Gasteiger partial charge in [-0.2, -0.15) is 0 Å². The van der Waals surface area contributed by atoms with Gasteiger partial charge in [0, 0.05) is 15.8 Å². The second-order valence-corrected chi connectivity index (χ2v) is 6.31. The van der Waals surface area contributed by atoms with E-state index >= 15 is 0 Å². The van der Waals surface area contributed by atoms with Crippen LogP contribution in [-0.2, 0) is 0 Å². The molecule has 1 amide bonds. The fourth-order valence-corrected chi connectivity index (χ4v) is 2.88. The van der Waals surface area contributed by atoms with Gasteiger partial charge in [0.15, 0.2) is 0 Å². The molecule has 21 heavy (non-hydrogen) atoms. The van der Waals surface area contributed by atoms with Crippen molar-refractivity contribution in [1.29, 1.82) is 0 Å². The Hall–Kier alpha value is -1.27. The van der Waals surface area contributed by atoms with Crippen LogP contribution in [0.2, 0.25) is 5.02 Å². The van der Waals surface area contributed by atoms with Gasteiger partial charge >= 0.3 is 0 Å². The zero-order chi connectivity index (χ0) is 15.4. The third-order valence-electron chi connectivity index (χ3n) is 2.97. The number of amides is 1. The maximum Gasteiger partial charge on any atom is 0.257 e. The van der Waals surface area contributed by atoms with Crippen molar-refractivity contribution in [3.63, 3.8) is 0 Å². The molecule has 0 atom stereocenters. The monoisotopic (exact) mass is 414 g/mol. The van der Waals surface area contributed by atoms with E-state index in [0.717, 1.165) is 21.4 Å². The minimum absolute atomic E-state index is 0.172. The van der Waals surface area contributed by atoms with Crippen molar-refractivity contribution >= 4 is 51.5 Å². The highest BCUT2D eigenvalue weighted by Crippen LogP contribution is 2.25. The van der Waals surface area contributed by atoms with Gasteiger partial charge in [-0.3, -0.25) is 4.79 Å². The van der Waals surface area contributed by atoms with Gasteiger partial charge in [0.25, 0.3) is 5.91 Å². The van der Waals surface area contributed by atoms with Crippen LogP contribution >= 0.6 is 34.2 Å². The van der Waals surface area contributed by atoms with Gasteiger partial charge in [-0.25, -0.2) is 0 Å². The average molecular weight is 415 g/mol. The van der Waals surface area contributed by atoms with Gasteiger partial charge in [0.2, 0.25) is 0 Å². The van der Waals surface area contributed by atoms with Crippen LogP contribution in [0.25, 0.3) is 0 Å². The third-order valence-corrected chi connectivity index (χ3v) is 3.95. The van der Waals surface area contributed by atoms with E-state index < -0.39 is 0 Å². The van der Waals surface area contributed by atoms with Crippen molar-refractivity contribution in [2.24, 2.45) is 0 Å². The number of hydrogen-bond donors (Lipinski definition) is 2. The molecule has 110 valence electrons. The minimum atomic E-state index is -0.172. The van der Waals surface area contributed by atoms with Crippen LogP contribution in [0.4, 0.5) is 11.4 Å². The molecule has 3 nitrogen and oxygen atoms in total. The molecule has 2 aromatic rings. The van der Waals surface area contributed by atoms with E-state index in [4.69, 9.17) is 11.6 Å². The van der Waals surface area contributed by atoms with Crippen LogP contribution < -0.4 is 10.6 Å². The fraction of sp³-hybridized carbons (Fsp3) is 0.188. The van der Waals surface area contributed by atoms with E-state index in [2.05, 4.69) is 33.2 Å². The summed E-state index contributed by atoms with van der Waals surface area (Å²) in [4.78, 5) is 12.4. The third kappa shape index (κ3) is 4.11. The maximum absolute atomic E-state index is 12.4. The molecule has 0 saturated carbocycles. The number of carbonyl (C=O) groups excluding carboxylic acids is 1. The Morgan fingerprint density at radius 3 is 2.62 bits per heavy atom. The molecular formula is C16H16ClIN2O. The maximum atomic E-state index is 12.4. The first-order valence-electron chi connectivity index (χ1n) is 6.62. The summed E-state index contributed by atoms with van der Waals surface area (Å²) in [5.74, 6) is -0.172. The van der Waals surface area contributed by atoms with Crippen LogP contribution in [0, 0.1) is 10.5 Å². The van der Waals surface area contributed by atoms with Gasteiger partial charge in [-0.15, -0.1) is 0 Å². The Bertz CT molecular complexity index is 673. The van der Waals surface area contributed by atoms with Crippen LogP contribution in [0.15, 0.2) is 36.4 Å². The number of halogens is 2. The second-order valence-electron chi connectivity index (χ2n) is 4.66. The number of aryl methyl sites for hydroxylation is 1. The van der Waals surface area contributed by atoms with E-state index in [1.807, 2.05) is 50.2 Å². The summed E-state index contributed by atoms with van der Waals surface area (Å²) in [6.07, 6.45) is 0. The molecule has 0 aliphatic heterocycles. The van der Waals surface area contributed by atoms with Crippen molar-refractivity contribution < 1.29 is 4.79 Å². The molecule has 2 aromatic carbocycles. The van der Waals surface area contributed by atoms with E-state index in [9.17, 15) is 4.79 Å². The lowest BCUT2D eigenvalue weighted by molar-refractivity contribution is 0.102. The van der Waals surface area contributed by atoms with Gasteiger partial charge in [0.05, 0.1) is 16.3 Å². The summed E-state index contributed by atoms with van der Waals surface area (Å²) in [5.41, 5.74) is 3.16. The fourth-order valence-electron chi connectivity index (χ4n) is 1.97. The largest absolute Gasteiger partial charge is 0.385 e. The Balaban J connectivity index is 2.28. The number of rotatable bonds is 4. The first-order chi connectivity index (χ1) is 10.0. The first kappa shape index (κ1) is 16.1. The van der Waals surface area contributed by atoms with E-state index in [0.29, 0.717) is 16.3 Å². The van der Waals surface area contributed by atoms with Gasteiger partial charge < -0.3 is 10.6 Å². The van der Waals surface area contributed by atoms with Crippen LogP contribution in [0.5, 0.6) is 0 Å². The van der Waals surface area contributed by atoms with E-state index in [-0.39, 0.29) is 5.91 Å². The molecule has 2 N–H and O–H groups in total. The lowest BCUT2D eigenvalue weighted by Gasteiger charge is -2.13. The summed E-state index contributed by atoms with van der Waals surface area (Å²) in [6, 6.07) is 11.2. The predicted molar refractivity (Wildman–Crippen MR) is 97.5 cm³/mol. The molecular weight excluding hydrogens is 399 g/mol. The van der Waals surface area contributed by atoms with Crippen molar-refractivity contribution in [1.82, 2.24) is 0 Å². The highest BCUT2D eigenvalue weighted by atomic mass is 127. The summed E-state index contributed by atoms with van der Waals surface area (Å²) in [6.45, 7) is 4.76. The number of hydrogen-bond acceptors (Lipinski definition) is 2. The minimum Gasteiger partial charge on any atom is -0.385 e. The first-order valence-corrected chi connectivity index (χ1v) is 8.08. The molecule has 0 unspecified atom stereocenters. The lowest BCUT2D eigenvalue weighted by atomic mass is 10.1. The van der Waals surface area contributed by atoms with Gasteiger partial charge in [0.1, 0.15) is 0 Å². The highest BCUT2D eigenvalue weighted by Gasteiger charge is 2.13. The normalized spacial score (nSPS) is 10.3. The molecule has 0 fully saturated rings. The van der Waals surface area contributed by atoms with Crippen molar-refractivity contribution in [2.45, 2.75) is 13.8 Å². The topological polar surface area (TPSA) is 41.1 Å². The van der Waals surface area contributed by atoms with E-state index in [1.54, 1.807) is 0 Å². The average Bonchev–Trinajstić information content (AvgIpc) is 2.42. The predicted octanol–water partition coefficient (Wildman–Crippen LogP) is 4.94. The Morgan fingerprint density at radius 2 is 1.95 bits per heavy atom. The Morgan fingerprint density at radius 1 is 1.19 bits per heavy atom. The quantitative estimate of drug-likeness (QED) is 0.696. The number of carbonyl (C=O) groups is 1. The molecule has 0 saturated heterocycles. The van der Waals surface area contributed by atoms with Crippen molar-refractivity contribution in [2.75, 3.05) is 17.2 Å². The molecule has 2 rings (SSSR count). The van der Waals surface area contributed by atoms with Crippen LogP contribution in [-0.4, -0.2) is 12.5 Å². The lowest BCUT2D eigenvalue weighted by Crippen LogP contribution is -2.15. The van der Waals surface area contributed by atoms with Crippen molar-refractivity contribution in [3.05, 3.63) is 56.1 Å². The molecule has 0 spiro atoms. The highest BCUT2D eigenvalue weighted by molar-refractivity contribution is 14.1. The van der Waals surface area contributed by atoms with Crippen molar-refractivity contribution in [3.8, 4) is 0 Å². The second kappa shape index (κ2) is 7.13. The smallest absolute Gasteiger partial charge is 0.257 e. The van der Waals surface area contributed by atoms with Crippen LogP contribution in [0.3, 0.4) is 0 Å². The number of benzene rings is 2. The molecule has 0 heterocycles. The SMILES string of the molecule is CCNc1cc(C)ccc1C(=O)Nc1ccc(I)cc1Cl. The summed E-state index contributed by atoms with van der Waals surface area (Å²) < 4.78 is 1.03. The number of nitrogens with one attached hydrogen (secondary N) is 2.